The van der Waals surface area contributed by atoms with Gasteiger partial charge in [0.2, 0.25) is 0 Å². The minimum atomic E-state index is -0.541. The molecule has 0 unspecified atom stereocenters. The van der Waals surface area contributed by atoms with Crippen molar-refractivity contribution in [3.8, 4) is 0 Å². The van der Waals surface area contributed by atoms with E-state index in [1.165, 1.54) is 37.5 Å². The van der Waals surface area contributed by atoms with Gasteiger partial charge in [-0.3, -0.25) is 4.79 Å². The van der Waals surface area contributed by atoms with Crippen LogP contribution < -0.4 is 10.6 Å². The maximum absolute atomic E-state index is 13.2. The third-order valence-corrected chi connectivity index (χ3v) is 8.47. The summed E-state index contributed by atoms with van der Waals surface area (Å²) in [6.45, 7) is 0. The first-order valence-corrected chi connectivity index (χ1v) is 12.6. The largest absolute Gasteiger partial charge is 0.465 e. The molecule has 0 saturated heterocycles. The number of carbonyl (C=O) groups excluding carboxylic acids is 2. The Hall–Kier alpha value is -3.31. The van der Waals surface area contributed by atoms with Gasteiger partial charge in [-0.2, -0.15) is 0 Å². The molecule has 1 heterocycles. The summed E-state index contributed by atoms with van der Waals surface area (Å²) in [6.07, 6.45) is 3.84. The Kier molecular flexibility index (Phi) is 5.53. The average molecular weight is 487 g/mol. The zero-order chi connectivity index (χ0) is 24.1. The topological polar surface area (TPSA) is 67.4 Å². The number of carbonyl (C=O) groups is 2. The molecule has 2 bridgehead atoms. The lowest BCUT2D eigenvalue weighted by atomic mass is 9.68. The molecular weight excluding hydrogens is 460 g/mol. The molecule has 6 rings (SSSR count). The maximum Gasteiger partial charge on any atom is 0.339 e. The molecule has 178 valence electrons. The van der Waals surface area contributed by atoms with Crippen molar-refractivity contribution in [2.45, 2.75) is 31.2 Å². The van der Waals surface area contributed by atoms with Crippen LogP contribution in [0.2, 0.25) is 5.02 Å². The van der Waals surface area contributed by atoms with E-state index in [0.29, 0.717) is 35.0 Å². The molecule has 0 radical (unpaired) electrons. The highest BCUT2D eigenvalue weighted by Crippen LogP contribution is 2.63. The lowest BCUT2D eigenvalue weighted by molar-refractivity contribution is 0.0600. The van der Waals surface area contributed by atoms with Gasteiger partial charge in [-0.15, -0.1) is 0 Å². The molecular formula is C29H27ClN2O3. The monoisotopic (exact) mass is 486 g/mol. The van der Waals surface area contributed by atoms with Gasteiger partial charge in [0.25, 0.3) is 5.91 Å². The standard InChI is InChI=1S/C29H27ClN2O3/c1-35-29(34)21-15-20(10-11-23(21)30)31-28(33)19-9-12-24-22(14-19)25-17-7-8-18(13-17)26(25)27(32-24)16-5-3-2-4-6-16/h2-6,9-12,14-15,17-18,25-27,32H,7-8,13H2,1H3,(H,31,33)/t17-,18-,25-,26-,27+/m0/s1. The number of benzene rings is 3. The van der Waals surface area contributed by atoms with Crippen LogP contribution in [-0.2, 0) is 4.74 Å². The number of ether oxygens (including phenoxy) is 1. The van der Waals surface area contributed by atoms with Gasteiger partial charge in [-0.1, -0.05) is 41.9 Å². The molecule has 0 spiro atoms. The molecule has 5 atom stereocenters. The van der Waals surface area contributed by atoms with E-state index in [0.717, 1.165) is 11.6 Å². The van der Waals surface area contributed by atoms with E-state index >= 15 is 0 Å². The fraction of sp³-hybridized carbons (Fsp3) is 0.310. The molecule has 2 aliphatic carbocycles. The van der Waals surface area contributed by atoms with E-state index in [1.54, 1.807) is 18.2 Å². The molecule has 3 aromatic carbocycles. The van der Waals surface area contributed by atoms with Gasteiger partial charge in [0.15, 0.2) is 0 Å². The van der Waals surface area contributed by atoms with Gasteiger partial charge < -0.3 is 15.4 Å². The highest BCUT2D eigenvalue weighted by Gasteiger charge is 2.53. The molecule has 3 aromatic rings. The van der Waals surface area contributed by atoms with Crippen molar-refractivity contribution in [1.29, 1.82) is 0 Å². The molecule has 0 aromatic heterocycles. The first-order chi connectivity index (χ1) is 17.0. The summed E-state index contributed by atoms with van der Waals surface area (Å²) in [5.41, 5.74) is 5.06. The van der Waals surface area contributed by atoms with Crippen LogP contribution in [0.1, 0.15) is 63.1 Å². The second-order valence-corrected chi connectivity index (χ2v) is 10.3. The van der Waals surface area contributed by atoms with Crippen LogP contribution in [0.5, 0.6) is 0 Å². The van der Waals surface area contributed by atoms with Crippen molar-refractivity contribution in [3.05, 3.63) is 94.0 Å². The Morgan fingerprint density at radius 1 is 1.00 bits per heavy atom. The van der Waals surface area contributed by atoms with Gasteiger partial charge in [0, 0.05) is 16.9 Å². The minimum absolute atomic E-state index is 0.212. The molecule has 2 N–H and O–H groups in total. The summed E-state index contributed by atoms with van der Waals surface area (Å²) in [6, 6.07) is 21.8. The first-order valence-electron chi connectivity index (χ1n) is 12.2. The number of nitrogens with one attached hydrogen (secondary N) is 2. The van der Waals surface area contributed by atoms with Crippen molar-refractivity contribution in [3.63, 3.8) is 0 Å². The van der Waals surface area contributed by atoms with E-state index in [-0.39, 0.29) is 16.5 Å². The fourth-order valence-corrected chi connectivity index (χ4v) is 6.88. The Morgan fingerprint density at radius 3 is 2.60 bits per heavy atom. The molecule has 5 nitrogen and oxygen atoms in total. The predicted molar refractivity (Wildman–Crippen MR) is 137 cm³/mol. The van der Waals surface area contributed by atoms with E-state index in [4.69, 9.17) is 16.3 Å². The number of methoxy groups -OCH3 is 1. The summed E-state index contributed by atoms with van der Waals surface area (Å²) >= 11 is 6.12. The Morgan fingerprint density at radius 2 is 1.80 bits per heavy atom. The number of anilines is 2. The Labute approximate surface area is 209 Å². The number of esters is 1. The van der Waals surface area contributed by atoms with E-state index in [1.807, 2.05) is 12.1 Å². The van der Waals surface area contributed by atoms with Crippen LogP contribution in [0.4, 0.5) is 11.4 Å². The molecule has 2 fully saturated rings. The van der Waals surface area contributed by atoms with Crippen molar-refractivity contribution < 1.29 is 14.3 Å². The average Bonchev–Trinajstić information content (AvgIpc) is 3.52. The number of halogens is 1. The second-order valence-electron chi connectivity index (χ2n) is 9.91. The Bertz CT molecular complexity index is 1310. The molecule has 35 heavy (non-hydrogen) atoms. The summed E-state index contributed by atoms with van der Waals surface area (Å²) in [5, 5.41) is 7.02. The third kappa shape index (κ3) is 3.79. The lowest BCUT2D eigenvalue weighted by Crippen LogP contribution is -2.35. The van der Waals surface area contributed by atoms with E-state index < -0.39 is 5.97 Å². The molecule has 3 aliphatic rings. The van der Waals surface area contributed by atoms with Crippen LogP contribution in [0.3, 0.4) is 0 Å². The van der Waals surface area contributed by atoms with Crippen LogP contribution in [0, 0.1) is 17.8 Å². The molecule has 1 aliphatic heterocycles. The number of rotatable bonds is 4. The summed E-state index contributed by atoms with van der Waals surface area (Å²) in [4.78, 5) is 25.2. The summed E-state index contributed by atoms with van der Waals surface area (Å²) < 4.78 is 4.79. The lowest BCUT2D eigenvalue weighted by Gasteiger charge is -2.43. The van der Waals surface area contributed by atoms with Crippen LogP contribution in [0.25, 0.3) is 0 Å². The zero-order valence-corrected chi connectivity index (χ0v) is 20.2. The van der Waals surface area contributed by atoms with E-state index in [9.17, 15) is 9.59 Å². The van der Waals surface area contributed by atoms with Crippen LogP contribution >= 0.6 is 11.6 Å². The number of hydrogen-bond donors (Lipinski definition) is 2. The van der Waals surface area contributed by atoms with Gasteiger partial charge >= 0.3 is 5.97 Å². The minimum Gasteiger partial charge on any atom is -0.465 e. The second kappa shape index (κ2) is 8.72. The van der Waals surface area contributed by atoms with Crippen LogP contribution in [0.15, 0.2) is 66.7 Å². The third-order valence-electron chi connectivity index (χ3n) is 8.14. The van der Waals surface area contributed by atoms with Gasteiger partial charge in [-0.25, -0.2) is 4.79 Å². The smallest absolute Gasteiger partial charge is 0.339 e. The quantitative estimate of drug-likeness (QED) is 0.404. The number of hydrogen-bond acceptors (Lipinski definition) is 4. The molecule has 1 amide bonds. The Balaban J connectivity index is 1.31. The normalized spacial score (nSPS) is 25.8. The SMILES string of the molecule is COC(=O)c1cc(NC(=O)c2ccc3c(c2)[C@@H]2[C@H]4CC[C@@H](C4)[C@@H]2[C@@H](c2ccccc2)N3)ccc1Cl. The fourth-order valence-electron chi connectivity index (χ4n) is 6.69. The van der Waals surface area contributed by atoms with Crippen LogP contribution in [-0.4, -0.2) is 19.0 Å². The first kappa shape index (κ1) is 22.2. The van der Waals surface area contributed by atoms with Crippen molar-refractivity contribution >= 4 is 34.9 Å². The zero-order valence-electron chi connectivity index (χ0n) is 19.5. The molecule has 6 heteroatoms. The summed E-state index contributed by atoms with van der Waals surface area (Å²) in [7, 11) is 1.30. The molecule has 2 saturated carbocycles. The van der Waals surface area contributed by atoms with Gasteiger partial charge in [-0.05, 0) is 90.5 Å². The highest BCUT2D eigenvalue weighted by atomic mass is 35.5. The van der Waals surface area contributed by atoms with Gasteiger partial charge in [0.1, 0.15) is 0 Å². The van der Waals surface area contributed by atoms with Crippen molar-refractivity contribution in [1.82, 2.24) is 0 Å². The van der Waals surface area contributed by atoms with E-state index in [2.05, 4.69) is 47.0 Å². The summed E-state index contributed by atoms with van der Waals surface area (Å²) in [5.74, 6) is 1.65. The number of fused-ring (bicyclic) bond motifs is 7. The number of amides is 1. The maximum atomic E-state index is 13.2. The van der Waals surface area contributed by atoms with Crippen molar-refractivity contribution in [2.75, 3.05) is 17.7 Å². The highest BCUT2D eigenvalue weighted by molar-refractivity contribution is 6.33. The predicted octanol–water partition coefficient (Wildman–Crippen LogP) is 6.68. The van der Waals surface area contributed by atoms with Gasteiger partial charge in [0.05, 0.1) is 23.7 Å². The van der Waals surface area contributed by atoms with Crippen molar-refractivity contribution in [2.24, 2.45) is 17.8 Å².